The third-order valence-electron chi connectivity index (χ3n) is 4.40. The summed E-state index contributed by atoms with van der Waals surface area (Å²) in [5, 5.41) is 4.16. The molecule has 0 aliphatic heterocycles. The number of hydrogen-bond acceptors (Lipinski definition) is 5. The monoisotopic (exact) mass is 287 g/mol. The van der Waals surface area contributed by atoms with Gasteiger partial charge in [-0.05, 0) is 43.4 Å². The first kappa shape index (κ1) is 13.9. The molecule has 5 nitrogen and oxygen atoms in total. The summed E-state index contributed by atoms with van der Waals surface area (Å²) < 4.78 is 10.6. The molecule has 1 saturated carbocycles. The van der Waals surface area contributed by atoms with Crippen molar-refractivity contribution < 1.29 is 9.26 Å². The van der Waals surface area contributed by atoms with Crippen LogP contribution in [0.15, 0.2) is 22.7 Å². The summed E-state index contributed by atoms with van der Waals surface area (Å²) in [7, 11) is 1.60. The maximum atomic E-state index is 5.92. The van der Waals surface area contributed by atoms with Crippen LogP contribution < -0.4 is 10.5 Å². The van der Waals surface area contributed by atoms with E-state index in [1.54, 1.807) is 13.2 Å². The van der Waals surface area contributed by atoms with Crippen molar-refractivity contribution in [2.75, 3.05) is 12.8 Å². The Bertz CT molecular complexity index is 624. The molecule has 5 heteroatoms. The lowest BCUT2D eigenvalue weighted by molar-refractivity contribution is 0.412. The number of nitrogens with zero attached hydrogens (tertiary/aromatic N) is 2. The fourth-order valence-corrected chi connectivity index (χ4v) is 3.07. The Morgan fingerprint density at radius 1 is 1.38 bits per heavy atom. The molecule has 0 spiro atoms. The van der Waals surface area contributed by atoms with Crippen molar-refractivity contribution in [1.82, 2.24) is 10.1 Å². The fourth-order valence-electron chi connectivity index (χ4n) is 3.07. The highest BCUT2D eigenvalue weighted by molar-refractivity contribution is 5.65. The Labute approximate surface area is 124 Å². The molecule has 2 atom stereocenters. The first-order chi connectivity index (χ1) is 10.2. The molecule has 21 heavy (non-hydrogen) atoms. The van der Waals surface area contributed by atoms with Crippen LogP contribution in [0.4, 0.5) is 5.69 Å². The van der Waals surface area contributed by atoms with E-state index >= 15 is 0 Å². The van der Waals surface area contributed by atoms with Gasteiger partial charge in [0, 0.05) is 11.5 Å². The average molecular weight is 287 g/mol. The minimum atomic E-state index is 0.433. The van der Waals surface area contributed by atoms with E-state index in [-0.39, 0.29) is 0 Å². The number of hydrogen-bond donors (Lipinski definition) is 1. The zero-order valence-corrected chi connectivity index (χ0v) is 12.5. The number of nitrogens with two attached hydrogens (primary N) is 1. The van der Waals surface area contributed by atoms with E-state index in [0.29, 0.717) is 23.2 Å². The van der Waals surface area contributed by atoms with Crippen LogP contribution in [0.3, 0.4) is 0 Å². The fraction of sp³-hybridized carbons (Fsp3) is 0.500. The molecule has 2 aromatic rings. The highest BCUT2D eigenvalue weighted by Gasteiger charge is 2.28. The normalized spacial score (nSPS) is 21.6. The second kappa shape index (κ2) is 5.76. The molecule has 1 aromatic heterocycles. The van der Waals surface area contributed by atoms with Crippen molar-refractivity contribution in [3.63, 3.8) is 0 Å². The number of nitrogen functional groups attached to an aromatic ring is 1. The topological polar surface area (TPSA) is 74.2 Å². The molecule has 0 bridgehead atoms. The highest BCUT2D eigenvalue weighted by atomic mass is 16.5. The van der Waals surface area contributed by atoms with E-state index in [4.69, 9.17) is 15.0 Å². The maximum Gasteiger partial charge on any atom is 0.258 e. The van der Waals surface area contributed by atoms with Crippen LogP contribution in [0.1, 0.15) is 44.3 Å². The summed E-state index contributed by atoms with van der Waals surface area (Å²) in [4.78, 5) is 4.55. The predicted octanol–water partition coefficient (Wildman–Crippen LogP) is 3.62. The molecule has 112 valence electrons. The molecule has 0 radical (unpaired) electrons. The molecule has 1 aromatic carbocycles. The van der Waals surface area contributed by atoms with E-state index in [9.17, 15) is 0 Å². The van der Waals surface area contributed by atoms with Crippen LogP contribution >= 0.6 is 0 Å². The predicted molar refractivity (Wildman–Crippen MR) is 81.1 cm³/mol. The van der Waals surface area contributed by atoms with Crippen molar-refractivity contribution in [1.29, 1.82) is 0 Å². The van der Waals surface area contributed by atoms with E-state index in [1.807, 2.05) is 12.1 Å². The van der Waals surface area contributed by atoms with Gasteiger partial charge in [-0.25, -0.2) is 0 Å². The SMILES string of the molecule is CCC1CCC(c2noc(-c3ccc(OC)c(N)c3)n2)C1. The first-order valence-corrected chi connectivity index (χ1v) is 7.48. The smallest absolute Gasteiger partial charge is 0.258 e. The van der Waals surface area contributed by atoms with E-state index in [1.165, 1.54) is 19.3 Å². The van der Waals surface area contributed by atoms with Crippen molar-refractivity contribution in [3.8, 4) is 17.2 Å². The summed E-state index contributed by atoms with van der Waals surface area (Å²) in [5.41, 5.74) is 7.32. The van der Waals surface area contributed by atoms with Gasteiger partial charge in [0.05, 0.1) is 12.8 Å². The summed E-state index contributed by atoms with van der Waals surface area (Å²) in [6, 6.07) is 5.51. The van der Waals surface area contributed by atoms with Crippen LogP contribution in [0.5, 0.6) is 5.75 Å². The Morgan fingerprint density at radius 2 is 2.24 bits per heavy atom. The number of methoxy groups -OCH3 is 1. The molecule has 0 saturated heterocycles. The van der Waals surface area contributed by atoms with Gasteiger partial charge in [-0.15, -0.1) is 0 Å². The van der Waals surface area contributed by atoms with E-state index < -0.39 is 0 Å². The summed E-state index contributed by atoms with van der Waals surface area (Å²) in [6.07, 6.45) is 4.82. The molecule has 1 aliphatic carbocycles. The van der Waals surface area contributed by atoms with Crippen LogP contribution in [0, 0.1) is 5.92 Å². The van der Waals surface area contributed by atoms with Crippen molar-refractivity contribution >= 4 is 5.69 Å². The molecule has 0 amide bonds. The summed E-state index contributed by atoms with van der Waals surface area (Å²) >= 11 is 0. The minimum absolute atomic E-state index is 0.433. The quantitative estimate of drug-likeness (QED) is 0.869. The standard InChI is InChI=1S/C16H21N3O2/c1-3-10-4-5-11(8-10)15-18-16(21-19-15)12-6-7-14(20-2)13(17)9-12/h6-7,9-11H,3-5,8,17H2,1-2H3. The van der Waals surface area contributed by atoms with Gasteiger partial charge in [0.25, 0.3) is 5.89 Å². The van der Waals surface area contributed by atoms with Gasteiger partial charge in [-0.2, -0.15) is 4.98 Å². The lowest BCUT2D eigenvalue weighted by Crippen LogP contribution is -1.97. The average Bonchev–Trinajstić information content (AvgIpc) is 3.15. The van der Waals surface area contributed by atoms with Gasteiger partial charge in [-0.3, -0.25) is 0 Å². The zero-order valence-electron chi connectivity index (χ0n) is 12.5. The number of benzene rings is 1. The Morgan fingerprint density at radius 3 is 2.90 bits per heavy atom. The second-order valence-corrected chi connectivity index (χ2v) is 5.70. The number of aromatic nitrogens is 2. The Hall–Kier alpha value is -2.04. The van der Waals surface area contributed by atoms with Crippen LogP contribution in [0.25, 0.3) is 11.5 Å². The molecule has 3 rings (SSSR count). The Balaban J connectivity index is 1.80. The first-order valence-electron chi connectivity index (χ1n) is 7.48. The second-order valence-electron chi connectivity index (χ2n) is 5.70. The van der Waals surface area contributed by atoms with Gasteiger partial charge in [0.1, 0.15) is 5.75 Å². The van der Waals surface area contributed by atoms with Crippen molar-refractivity contribution in [2.24, 2.45) is 5.92 Å². The van der Waals surface area contributed by atoms with Crippen molar-refractivity contribution in [2.45, 2.75) is 38.5 Å². The zero-order chi connectivity index (χ0) is 14.8. The third-order valence-corrected chi connectivity index (χ3v) is 4.40. The summed E-state index contributed by atoms with van der Waals surface area (Å²) in [6.45, 7) is 2.24. The summed E-state index contributed by atoms with van der Waals surface area (Å²) in [5.74, 6) is 3.24. The number of anilines is 1. The van der Waals surface area contributed by atoms with Gasteiger partial charge in [0.2, 0.25) is 0 Å². The molecule has 1 aliphatic rings. The molecule has 1 heterocycles. The molecule has 2 unspecified atom stereocenters. The van der Waals surface area contributed by atoms with E-state index in [2.05, 4.69) is 17.1 Å². The molecule has 1 fully saturated rings. The molecular formula is C16H21N3O2. The van der Waals surface area contributed by atoms with Gasteiger partial charge >= 0.3 is 0 Å². The van der Waals surface area contributed by atoms with Gasteiger partial charge in [0.15, 0.2) is 5.82 Å². The Kier molecular flexibility index (Phi) is 3.82. The van der Waals surface area contributed by atoms with E-state index in [0.717, 1.165) is 23.7 Å². The minimum Gasteiger partial charge on any atom is -0.495 e. The lowest BCUT2D eigenvalue weighted by atomic mass is 10.0. The third kappa shape index (κ3) is 2.73. The number of ether oxygens (including phenoxy) is 1. The number of rotatable bonds is 4. The molecule has 2 N–H and O–H groups in total. The van der Waals surface area contributed by atoms with Crippen molar-refractivity contribution in [3.05, 3.63) is 24.0 Å². The largest absolute Gasteiger partial charge is 0.495 e. The van der Waals surface area contributed by atoms with Crippen LogP contribution in [-0.4, -0.2) is 17.3 Å². The van der Waals surface area contributed by atoms with Crippen LogP contribution in [0.2, 0.25) is 0 Å². The van der Waals surface area contributed by atoms with Gasteiger partial charge < -0.3 is 15.0 Å². The highest BCUT2D eigenvalue weighted by Crippen LogP contribution is 2.39. The molecular weight excluding hydrogens is 266 g/mol. The maximum absolute atomic E-state index is 5.92. The van der Waals surface area contributed by atoms with Gasteiger partial charge in [-0.1, -0.05) is 18.5 Å². The lowest BCUT2D eigenvalue weighted by Gasteiger charge is -2.05. The van der Waals surface area contributed by atoms with Crippen LogP contribution in [-0.2, 0) is 0 Å².